The number of carbonyl (C=O) groups is 1. The quantitative estimate of drug-likeness (QED) is 0.654. The molecule has 0 aliphatic carbocycles. The van der Waals surface area contributed by atoms with Gasteiger partial charge in [0.1, 0.15) is 17.6 Å². The van der Waals surface area contributed by atoms with Crippen molar-refractivity contribution in [3.05, 3.63) is 71.8 Å². The van der Waals surface area contributed by atoms with Crippen LogP contribution in [0.15, 0.2) is 54.9 Å². The summed E-state index contributed by atoms with van der Waals surface area (Å²) in [6.45, 7) is 2.13. The Morgan fingerprint density at radius 1 is 1.17 bits per heavy atom. The highest BCUT2D eigenvalue weighted by molar-refractivity contribution is 5.75. The predicted molar refractivity (Wildman–Crippen MR) is 111 cm³/mol. The van der Waals surface area contributed by atoms with Gasteiger partial charge in [0.15, 0.2) is 11.5 Å². The zero-order valence-electron chi connectivity index (χ0n) is 17.1. The van der Waals surface area contributed by atoms with Crippen molar-refractivity contribution in [2.24, 2.45) is 7.05 Å². The molecule has 0 unspecified atom stereocenters. The lowest BCUT2D eigenvalue weighted by molar-refractivity contribution is 0.174. The molecule has 0 saturated carbocycles. The molecule has 0 fully saturated rings. The highest BCUT2D eigenvalue weighted by Crippen LogP contribution is 2.34. The fourth-order valence-electron chi connectivity index (χ4n) is 3.48. The van der Waals surface area contributed by atoms with E-state index in [4.69, 9.17) is 14.2 Å². The first-order chi connectivity index (χ1) is 14.6. The molecule has 3 aromatic rings. The topological polar surface area (TPSA) is 86.6 Å². The number of methoxy groups -OCH3 is 1. The van der Waals surface area contributed by atoms with Gasteiger partial charge in [0, 0.05) is 25.0 Å². The Balaban J connectivity index is 1.54. The molecule has 1 aliphatic heterocycles. The van der Waals surface area contributed by atoms with Crippen molar-refractivity contribution in [2.45, 2.75) is 19.0 Å². The van der Waals surface area contributed by atoms with Crippen molar-refractivity contribution < 1.29 is 19.0 Å². The van der Waals surface area contributed by atoms with Gasteiger partial charge >= 0.3 is 6.03 Å². The van der Waals surface area contributed by atoms with Crippen LogP contribution in [0.2, 0.25) is 0 Å². The molecule has 30 heavy (non-hydrogen) atoms. The van der Waals surface area contributed by atoms with Crippen molar-refractivity contribution in [3.63, 3.8) is 0 Å². The van der Waals surface area contributed by atoms with Gasteiger partial charge in [-0.3, -0.25) is 0 Å². The number of hydrogen-bond donors (Lipinski definition) is 2. The number of imidazole rings is 1. The molecular weight excluding hydrogens is 384 g/mol. The standard InChI is InChI=1S/C22H24N4O4/c1-14(15-8-9-18-19(12-15)30-13-29-18)24-22(27)25-20(21-23-10-11-26(21)2)16-6-4-5-7-17(16)28-3/h4-12,14,20H,13H2,1-3H3,(H2,24,25,27)/t14-,20-/m1/s1. The molecular formula is C22H24N4O4. The monoisotopic (exact) mass is 408 g/mol. The molecule has 8 nitrogen and oxygen atoms in total. The molecule has 1 aromatic heterocycles. The molecule has 0 radical (unpaired) electrons. The van der Waals surface area contributed by atoms with Crippen molar-refractivity contribution in [1.29, 1.82) is 0 Å². The first kappa shape index (κ1) is 19.6. The van der Waals surface area contributed by atoms with E-state index >= 15 is 0 Å². The summed E-state index contributed by atoms with van der Waals surface area (Å²) in [4.78, 5) is 17.3. The number of carbonyl (C=O) groups excluding carboxylic acids is 1. The summed E-state index contributed by atoms with van der Waals surface area (Å²) in [5.74, 6) is 2.77. The Morgan fingerprint density at radius 3 is 2.73 bits per heavy atom. The highest BCUT2D eigenvalue weighted by atomic mass is 16.7. The number of amides is 2. The van der Waals surface area contributed by atoms with Gasteiger partial charge in [0.2, 0.25) is 6.79 Å². The van der Waals surface area contributed by atoms with E-state index in [9.17, 15) is 4.79 Å². The minimum Gasteiger partial charge on any atom is -0.496 e. The molecule has 2 N–H and O–H groups in total. The minimum atomic E-state index is -0.481. The van der Waals surface area contributed by atoms with Crippen molar-refractivity contribution in [1.82, 2.24) is 20.2 Å². The maximum absolute atomic E-state index is 12.9. The lowest BCUT2D eigenvalue weighted by atomic mass is 10.0. The summed E-state index contributed by atoms with van der Waals surface area (Å²) >= 11 is 0. The molecule has 2 heterocycles. The number of para-hydroxylation sites is 1. The molecule has 2 aromatic carbocycles. The third-order valence-electron chi connectivity index (χ3n) is 5.09. The van der Waals surface area contributed by atoms with Crippen LogP contribution in [0.3, 0.4) is 0 Å². The Bertz CT molecular complexity index is 1050. The van der Waals surface area contributed by atoms with E-state index in [-0.39, 0.29) is 18.9 Å². The maximum Gasteiger partial charge on any atom is 0.316 e. The van der Waals surface area contributed by atoms with Gasteiger partial charge in [-0.1, -0.05) is 24.3 Å². The first-order valence-corrected chi connectivity index (χ1v) is 9.63. The number of nitrogens with zero attached hydrogens (tertiary/aromatic N) is 2. The summed E-state index contributed by atoms with van der Waals surface area (Å²) in [7, 11) is 3.50. The Labute approximate surface area is 174 Å². The maximum atomic E-state index is 12.9. The highest BCUT2D eigenvalue weighted by Gasteiger charge is 2.25. The van der Waals surface area contributed by atoms with Crippen molar-refractivity contribution in [3.8, 4) is 17.2 Å². The fraction of sp³-hybridized carbons (Fsp3) is 0.273. The van der Waals surface area contributed by atoms with E-state index in [0.717, 1.165) is 11.1 Å². The lowest BCUT2D eigenvalue weighted by Gasteiger charge is -2.23. The van der Waals surface area contributed by atoms with Gasteiger partial charge in [0.05, 0.1) is 13.2 Å². The lowest BCUT2D eigenvalue weighted by Crippen LogP contribution is -2.40. The van der Waals surface area contributed by atoms with E-state index in [1.807, 2.05) is 67.2 Å². The zero-order valence-corrected chi connectivity index (χ0v) is 17.1. The average Bonchev–Trinajstić information content (AvgIpc) is 3.40. The van der Waals surface area contributed by atoms with E-state index in [2.05, 4.69) is 15.6 Å². The van der Waals surface area contributed by atoms with Gasteiger partial charge in [-0.2, -0.15) is 0 Å². The number of hydrogen-bond acceptors (Lipinski definition) is 5. The molecule has 0 spiro atoms. The molecule has 0 saturated heterocycles. The molecule has 156 valence electrons. The van der Waals surface area contributed by atoms with Crippen LogP contribution in [0.1, 0.15) is 36.0 Å². The average molecular weight is 408 g/mol. The van der Waals surface area contributed by atoms with E-state index in [1.54, 1.807) is 13.3 Å². The van der Waals surface area contributed by atoms with Crippen molar-refractivity contribution in [2.75, 3.05) is 13.9 Å². The van der Waals surface area contributed by atoms with Crippen LogP contribution in [0.5, 0.6) is 17.2 Å². The largest absolute Gasteiger partial charge is 0.496 e. The second-order valence-corrected chi connectivity index (χ2v) is 7.02. The van der Waals surface area contributed by atoms with Crippen LogP contribution >= 0.6 is 0 Å². The van der Waals surface area contributed by atoms with Gasteiger partial charge in [-0.25, -0.2) is 9.78 Å². The van der Waals surface area contributed by atoms with Crippen LogP contribution in [0, 0.1) is 0 Å². The second kappa shape index (κ2) is 8.36. The van der Waals surface area contributed by atoms with E-state index in [1.165, 1.54) is 0 Å². The van der Waals surface area contributed by atoms with Gasteiger partial charge in [0.25, 0.3) is 0 Å². The molecule has 4 rings (SSSR count). The van der Waals surface area contributed by atoms with Crippen LogP contribution < -0.4 is 24.8 Å². The van der Waals surface area contributed by atoms with Crippen LogP contribution in [0.4, 0.5) is 4.79 Å². The summed E-state index contributed by atoms with van der Waals surface area (Å²) < 4.78 is 18.2. The molecule has 2 atom stereocenters. The molecule has 0 bridgehead atoms. The van der Waals surface area contributed by atoms with Crippen LogP contribution in [-0.4, -0.2) is 29.5 Å². The summed E-state index contributed by atoms with van der Waals surface area (Å²) in [5, 5.41) is 6.02. The Hall–Kier alpha value is -3.68. The normalized spacial score (nSPS) is 14.1. The van der Waals surface area contributed by atoms with E-state index in [0.29, 0.717) is 23.1 Å². The number of rotatable bonds is 6. The zero-order chi connectivity index (χ0) is 21.1. The third kappa shape index (κ3) is 3.89. The van der Waals surface area contributed by atoms with Gasteiger partial charge in [-0.15, -0.1) is 0 Å². The molecule has 2 amide bonds. The first-order valence-electron chi connectivity index (χ1n) is 9.63. The van der Waals surface area contributed by atoms with Gasteiger partial charge in [-0.05, 0) is 30.7 Å². The number of urea groups is 1. The predicted octanol–water partition coefficient (Wildman–Crippen LogP) is 3.31. The minimum absolute atomic E-state index is 0.214. The summed E-state index contributed by atoms with van der Waals surface area (Å²) in [6.07, 6.45) is 3.54. The molecule has 8 heteroatoms. The number of nitrogens with one attached hydrogen (secondary N) is 2. The van der Waals surface area contributed by atoms with Crippen molar-refractivity contribution >= 4 is 6.03 Å². The number of aromatic nitrogens is 2. The van der Waals surface area contributed by atoms with Gasteiger partial charge < -0.3 is 29.4 Å². The Morgan fingerprint density at radius 2 is 1.97 bits per heavy atom. The number of benzene rings is 2. The smallest absolute Gasteiger partial charge is 0.316 e. The molecule has 1 aliphatic rings. The number of fused-ring (bicyclic) bond motifs is 1. The van der Waals surface area contributed by atoms with Crippen LogP contribution in [0.25, 0.3) is 0 Å². The summed E-state index contributed by atoms with van der Waals surface area (Å²) in [5.41, 5.74) is 1.74. The second-order valence-electron chi connectivity index (χ2n) is 7.02. The third-order valence-corrected chi connectivity index (χ3v) is 5.09. The number of aryl methyl sites for hydroxylation is 1. The Kier molecular flexibility index (Phi) is 5.47. The fourth-order valence-corrected chi connectivity index (χ4v) is 3.48. The summed E-state index contributed by atoms with van der Waals surface area (Å²) in [6, 6.07) is 12.2. The van der Waals surface area contributed by atoms with Crippen LogP contribution in [-0.2, 0) is 7.05 Å². The number of ether oxygens (including phenoxy) is 3. The van der Waals surface area contributed by atoms with E-state index < -0.39 is 6.04 Å². The SMILES string of the molecule is COc1ccccc1[C@@H](NC(=O)N[C@H](C)c1ccc2c(c1)OCO2)c1nccn1C.